The SMILES string of the molecule is C=N[C@H](CC)C(=O)Nc1ccc(Oc2ccc(C#N)cc2C2CC2)nc1. The highest BCUT2D eigenvalue weighted by Crippen LogP contribution is 2.45. The first-order chi connectivity index (χ1) is 12.6. The summed E-state index contributed by atoms with van der Waals surface area (Å²) in [4.78, 5) is 20.1. The predicted molar refractivity (Wildman–Crippen MR) is 99.7 cm³/mol. The molecule has 1 heterocycles. The topological polar surface area (TPSA) is 87.4 Å². The minimum atomic E-state index is -0.467. The average Bonchev–Trinajstić information content (AvgIpc) is 3.50. The number of benzene rings is 1. The summed E-state index contributed by atoms with van der Waals surface area (Å²) in [6.07, 6.45) is 4.36. The van der Waals surface area contributed by atoms with Gasteiger partial charge in [0.1, 0.15) is 11.8 Å². The van der Waals surface area contributed by atoms with Gasteiger partial charge in [0.05, 0.1) is 23.5 Å². The largest absolute Gasteiger partial charge is 0.439 e. The van der Waals surface area contributed by atoms with Crippen molar-refractivity contribution in [2.45, 2.75) is 38.1 Å². The van der Waals surface area contributed by atoms with E-state index in [1.54, 1.807) is 24.4 Å². The van der Waals surface area contributed by atoms with Gasteiger partial charge in [-0.25, -0.2) is 4.98 Å². The molecular weight excluding hydrogens is 328 g/mol. The summed E-state index contributed by atoms with van der Waals surface area (Å²) in [6.45, 7) is 5.31. The molecule has 2 aromatic rings. The zero-order valence-electron chi connectivity index (χ0n) is 14.6. The molecule has 1 aliphatic carbocycles. The number of aromatic nitrogens is 1. The Labute approximate surface area is 152 Å². The first kappa shape index (κ1) is 17.6. The van der Waals surface area contributed by atoms with Crippen molar-refractivity contribution in [3.63, 3.8) is 0 Å². The van der Waals surface area contributed by atoms with Gasteiger partial charge in [0.15, 0.2) is 0 Å². The van der Waals surface area contributed by atoms with Crippen LogP contribution in [0.1, 0.15) is 43.2 Å². The normalized spacial score (nSPS) is 14.2. The number of ether oxygens (including phenoxy) is 1. The third-order valence-electron chi connectivity index (χ3n) is 4.28. The molecule has 6 nitrogen and oxygen atoms in total. The van der Waals surface area contributed by atoms with Crippen LogP contribution in [0.25, 0.3) is 0 Å². The molecular formula is C20H20N4O2. The Bertz CT molecular complexity index is 851. The van der Waals surface area contributed by atoms with Crippen molar-refractivity contribution in [1.82, 2.24) is 4.98 Å². The summed E-state index contributed by atoms with van der Waals surface area (Å²) in [7, 11) is 0. The van der Waals surface area contributed by atoms with E-state index in [1.807, 2.05) is 19.1 Å². The van der Waals surface area contributed by atoms with E-state index in [-0.39, 0.29) is 5.91 Å². The molecule has 0 unspecified atom stereocenters. The van der Waals surface area contributed by atoms with Crippen LogP contribution in [0.15, 0.2) is 41.5 Å². The highest BCUT2D eigenvalue weighted by atomic mass is 16.5. The van der Waals surface area contributed by atoms with E-state index in [0.717, 1.165) is 24.2 Å². The molecule has 0 radical (unpaired) electrons. The number of nitrogens with one attached hydrogen (secondary N) is 1. The Morgan fingerprint density at radius 2 is 2.27 bits per heavy atom. The maximum absolute atomic E-state index is 12.0. The molecule has 1 aliphatic rings. The Morgan fingerprint density at radius 1 is 1.46 bits per heavy atom. The molecule has 6 heteroatoms. The van der Waals surface area contributed by atoms with Crippen molar-refractivity contribution in [1.29, 1.82) is 5.26 Å². The highest BCUT2D eigenvalue weighted by Gasteiger charge is 2.27. The lowest BCUT2D eigenvalue weighted by Gasteiger charge is -2.12. The molecule has 1 aromatic carbocycles. The summed E-state index contributed by atoms with van der Waals surface area (Å²) >= 11 is 0. The van der Waals surface area contributed by atoms with Crippen LogP contribution < -0.4 is 10.1 Å². The smallest absolute Gasteiger partial charge is 0.249 e. The second-order valence-electron chi connectivity index (χ2n) is 6.22. The molecule has 1 fully saturated rings. The first-order valence-corrected chi connectivity index (χ1v) is 8.59. The summed E-state index contributed by atoms with van der Waals surface area (Å²) < 4.78 is 5.90. The van der Waals surface area contributed by atoms with Gasteiger partial charge in [0.25, 0.3) is 0 Å². The third-order valence-corrected chi connectivity index (χ3v) is 4.28. The van der Waals surface area contributed by atoms with Gasteiger partial charge in [-0.2, -0.15) is 5.26 Å². The van der Waals surface area contributed by atoms with Crippen LogP contribution >= 0.6 is 0 Å². The van der Waals surface area contributed by atoms with Crippen molar-refractivity contribution in [3.05, 3.63) is 47.7 Å². The second-order valence-corrected chi connectivity index (χ2v) is 6.22. The van der Waals surface area contributed by atoms with Crippen molar-refractivity contribution < 1.29 is 9.53 Å². The average molecular weight is 348 g/mol. The highest BCUT2D eigenvalue weighted by molar-refractivity contribution is 5.95. The lowest BCUT2D eigenvalue weighted by Crippen LogP contribution is -2.25. The minimum Gasteiger partial charge on any atom is -0.439 e. The number of aliphatic imine (C=N–C) groups is 1. The van der Waals surface area contributed by atoms with Gasteiger partial charge in [0, 0.05) is 6.07 Å². The molecule has 0 spiro atoms. The maximum Gasteiger partial charge on any atom is 0.249 e. The molecule has 1 amide bonds. The van der Waals surface area contributed by atoms with Gasteiger partial charge in [-0.05, 0) is 61.7 Å². The fraction of sp³-hybridized carbons (Fsp3) is 0.300. The molecule has 132 valence electrons. The number of rotatable bonds is 7. The minimum absolute atomic E-state index is 0.207. The van der Waals surface area contributed by atoms with Crippen LogP contribution in [0, 0.1) is 11.3 Å². The predicted octanol–water partition coefficient (Wildman–Crippen LogP) is 4.04. The van der Waals surface area contributed by atoms with E-state index < -0.39 is 6.04 Å². The monoisotopic (exact) mass is 348 g/mol. The van der Waals surface area contributed by atoms with Gasteiger partial charge in [-0.1, -0.05) is 6.92 Å². The number of hydrogen-bond donors (Lipinski definition) is 1. The molecule has 1 saturated carbocycles. The number of hydrogen-bond acceptors (Lipinski definition) is 5. The maximum atomic E-state index is 12.0. The number of nitriles is 1. The Morgan fingerprint density at radius 3 is 2.85 bits per heavy atom. The van der Waals surface area contributed by atoms with Crippen LogP contribution in [0.4, 0.5) is 5.69 Å². The summed E-state index contributed by atoms with van der Waals surface area (Å²) in [6, 6.07) is 10.6. The Balaban J connectivity index is 1.71. The van der Waals surface area contributed by atoms with Crippen LogP contribution in [-0.4, -0.2) is 23.7 Å². The number of nitrogens with zero attached hydrogens (tertiary/aromatic N) is 3. The fourth-order valence-corrected chi connectivity index (χ4v) is 2.67. The van der Waals surface area contributed by atoms with E-state index in [9.17, 15) is 4.79 Å². The van der Waals surface area contributed by atoms with E-state index in [2.05, 4.69) is 28.1 Å². The van der Waals surface area contributed by atoms with Gasteiger partial charge in [-0.3, -0.25) is 9.79 Å². The number of carbonyl (C=O) groups is 1. The van der Waals surface area contributed by atoms with Crippen LogP contribution in [-0.2, 0) is 4.79 Å². The van der Waals surface area contributed by atoms with Crippen LogP contribution in [0.5, 0.6) is 11.6 Å². The van der Waals surface area contributed by atoms with E-state index in [0.29, 0.717) is 29.5 Å². The molecule has 1 atom stereocenters. The van der Waals surface area contributed by atoms with Crippen LogP contribution in [0.2, 0.25) is 0 Å². The molecule has 1 N–H and O–H groups in total. The third kappa shape index (κ3) is 4.06. The Hall–Kier alpha value is -3.20. The second kappa shape index (κ2) is 7.79. The molecule has 0 aliphatic heterocycles. The first-order valence-electron chi connectivity index (χ1n) is 8.59. The molecule has 3 rings (SSSR count). The van der Waals surface area contributed by atoms with Crippen molar-refractivity contribution in [3.8, 4) is 17.7 Å². The van der Waals surface area contributed by atoms with Gasteiger partial charge < -0.3 is 10.1 Å². The van der Waals surface area contributed by atoms with Crippen molar-refractivity contribution in [2.75, 3.05) is 5.32 Å². The molecule has 1 aromatic heterocycles. The fourth-order valence-electron chi connectivity index (χ4n) is 2.67. The standard InChI is InChI=1S/C20H20N4O2/c1-3-17(22-2)20(25)24-15-7-9-19(23-12-15)26-18-8-4-13(11-21)10-16(18)14-5-6-14/h4,7-10,12,14,17H,2-3,5-6H2,1H3,(H,24,25)/t17-/m1/s1. The zero-order valence-corrected chi connectivity index (χ0v) is 14.6. The van der Waals surface area contributed by atoms with Crippen molar-refractivity contribution >= 4 is 18.3 Å². The van der Waals surface area contributed by atoms with Gasteiger partial charge in [-0.15, -0.1) is 0 Å². The summed E-state index contributed by atoms with van der Waals surface area (Å²) in [5.74, 6) is 1.40. The number of pyridine rings is 1. The lowest BCUT2D eigenvalue weighted by atomic mass is 10.1. The summed E-state index contributed by atoms with van der Waals surface area (Å²) in [5, 5.41) is 11.8. The summed E-state index contributed by atoms with van der Waals surface area (Å²) in [5.41, 5.74) is 2.25. The molecule has 0 saturated heterocycles. The molecule has 0 bridgehead atoms. The van der Waals surface area contributed by atoms with Gasteiger partial charge >= 0.3 is 0 Å². The zero-order chi connectivity index (χ0) is 18.5. The molecule has 26 heavy (non-hydrogen) atoms. The van der Waals surface area contributed by atoms with E-state index in [1.165, 1.54) is 0 Å². The van der Waals surface area contributed by atoms with E-state index in [4.69, 9.17) is 10.00 Å². The quantitative estimate of drug-likeness (QED) is 0.765. The number of anilines is 1. The van der Waals surface area contributed by atoms with E-state index >= 15 is 0 Å². The van der Waals surface area contributed by atoms with Crippen LogP contribution in [0.3, 0.4) is 0 Å². The number of carbonyl (C=O) groups excluding carboxylic acids is 1. The lowest BCUT2D eigenvalue weighted by molar-refractivity contribution is -0.117. The van der Waals surface area contributed by atoms with Crippen molar-refractivity contribution in [2.24, 2.45) is 4.99 Å². The Kier molecular flexibility index (Phi) is 5.28. The van der Waals surface area contributed by atoms with Gasteiger partial charge in [0.2, 0.25) is 11.8 Å². The number of amides is 1.